The molecule has 56 valence electrons. The molecule has 0 aliphatic carbocycles. The molecule has 2 nitrogen and oxygen atoms in total. The smallest absolute Gasteiger partial charge is 0.0266 e. The highest BCUT2D eigenvalue weighted by Crippen LogP contribution is 2.05. The van der Waals surface area contributed by atoms with Gasteiger partial charge in [-0.2, -0.15) is 0 Å². The van der Waals surface area contributed by atoms with E-state index in [-0.39, 0.29) is 5.54 Å². The van der Waals surface area contributed by atoms with E-state index in [2.05, 4.69) is 45.2 Å². The zero-order chi connectivity index (χ0) is 7.49. The molecule has 0 saturated carbocycles. The summed E-state index contributed by atoms with van der Waals surface area (Å²) < 4.78 is 0. The third kappa shape index (κ3) is 3.49. The van der Waals surface area contributed by atoms with Gasteiger partial charge in [-0.25, -0.2) is 5.01 Å². The maximum absolute atomic E-state index is 3.22. The summed E-state index contributed by atoms with van der Waals surface area (Å²) in [5.41, 5.74) is 3.45. The molecule has 9 heavy (non-hydrogen) atoms. The lowest BCUT2D eigenvalue weighted by molar-refractivity contribution is 0.111. The fourth-order valence-electron chi connectivity index (χ4n) is 0.474. The van der Waals surface area contributed by atoms with Gasteiger partial charge in [-0.15, -0.1) is 0 Å². The van der Waals surface area contributed by atoms with Gasteiger partial charge in [0.25, 0.3) is 0 Å². The molecule has 0 atom stereocenters. The lowest BCUT2D eigenvalue weighted by Gasteiger charge is -2.31. The van der Waals surface area contributed by atoms with Gasteiger partial charge in [0, 0.05) is 19.1 Å². The summed E-state index contributed by atoms with van der Waals surface area (Å²) in [5, 5.41) is 2.12. The van der Waals surface area contributed by atoms with Crippen LogP contribution < -0.4 is 5.43 Å². The zero-order valence-electron chi connectivity index (χ0n) is 7.15. The van der Waals surface area contributed by atoms with Crippen molar-refractivity contribution in [3.8, 4) is 0 Å². The average Bonchev–Trinajstić information content (AvgIpc) is 1.64. The summed E-state index contributed by atoms with van der Waals surface area (Å²) in [7, 11) is 2.06. The number of rotatable bonds is 2. The number of nitrogens with one attached hydrogen (secondary N) is 1. The summed E-state index contributed by atoms with van der Waals surface area (Å²) in [4.78, 5) is 0. The predicted molar refractivity (Wildman–Crippen MR) is 41.2 cm³/mol. The standard InChI is InChI=1S/C7H18N2/c1-6-8-9(5)7(2,3)4/h8H,6H2,1-5H3. The molecule has 0 rings (SSSR count). The highest BCUT2D eigenvalue weighted by Gasteiger charge is 2.14. The largest absolute Gasteiger partial charge is 0.255 e. The van der Waals surface area contributed by atoms with Crippen LogP contribution in [0.2, 0.25) is 0 Å². The number of hydrogen-bond acceptors (Lipinski definition) is 2. The Balaban J connectivity index is 3.59. The van der Waals surface area contributed by atoms with Crippen molar-refractivity contribution in [2.45, 2.75) is 33.2 Å². The van der Waals surface area contributed by atoms with Crippen LogP contribution in [-0.2, 0) is 0 Å². The molecular weight excluding hydrogens is 112 g/mol. The van der Waals surface area contributed by atoms with Crippen LogP contribution in [0.1, 0.15) is 27.7 Å². The molecule has 1 N–H and O–H groups in total. The molecule has 0 unspecified atom stereocenters. The first-order valence-corrected chi connectivity index (χ1v) is 3.46. The molecule has 0 heterocycles. The van der Waals surface area contributed by atoms with Crippen LogP contribution >= 0.6 is 0 Å². The number of hydrazine groups is 1. The minimum atomic E-state index is 0.232. The Morgan fingerprint density at radius 3 is 1.89 bits per heavy atom. The summed E-state index contributed by atoms with van der Waals surface area (Å²) in [5.74, 6) is 0. The Labute approximate surface area is 58.2 Å². The fourth-order valence-corrected chi connectivity index (χ4v) is 0.474. The second kappa shape index (κ2) is 3.18. The van der Waals surface area contributed by atoms with Crippen LogP contribution in [0.15, 0.2) is 0 Å². The maximum Gasteiger partial charge on any atom is 0.0266 e. The van der Waals surface area contributed by atoms with E-state index in [0.29, 0.717) is 0 Å². The first-order valence-electron chi connectivity index (χ1n) is 3.46. The van der Waals surface area contributed by atoms with Gasteiger partial charge >= 0.3 is 0 Å². The van der Waals surface area contributed by atoms with E-state index < -0.39 is 0 Å². The van der Waals surface area contributed by atoms with Crippen LogP contribution in [0.5, 0.6) is 0 Å². The maximum atomic E-state index is 3.22. The van der Waals surface area contributed by atoms with Gasteiger partial charge in [-0.05, 0) is 20.8 Å². The number of hydrogen-bond donors (Lipinski definition) is 1. The molecule has 0 aliphatic heterocycles. The first kappa shape index (κ1) is 8.92. The molecule has 0 aromatic rings. The summed E-state index contributed by atoms with van der Waals surface area (Å²) in [6, 6.07) is 0. The first-order chi connectivity index (χ1) is 3.98. The Hall–Kier alpha value is -0.0800. The topological polar surface area (TPSA) is 15.3 Å². The zero-order valence-corrected chi connectivity index (χ0v) is 7.15. The second-order valence-corrected chi connectivity index (χ2v) is 3.24. The molecule has 2 heteroatoms. The Morgan fingerprint density at radius 1 is 1.33 bits per heavy atom. The quantitative estimate of drug-likeness (QED) is 0.566. The third-order valence-electron chi connectivity index (χ3n) is 1.40. The normalized spacial score (nSPS) is 12.7. The lowest BCUT2D eigenvalue weighted by atomic mass is 10.1. The van der Waals surface area contributed by atoms with Crippen LogP contribution in [-0.4, -0.2) is 24.1 Å². The monoisotopic (exact) mass is 130 g/mol. The van der Waals surface area contributed by atoms with Crippen LogP contribution in [0.25, 0.3) is 0 Å². The molecule has 0 saturated heterocycles. The van der Waals surface area contributed by atoms with Crippen molar-refractivity contribution in [1.82, 2.24) is 10.4 Å². The Morgan fingerprint density at radius 2 is 1.78 bits per heavy atom. The van der Waals surface area contributed by atoms with Crippen molar-refractivity contribution in [2.24, 2.45) is 0 Å². The molecule has 0 spiro atoms. The second-order valence-electron chi connectivity index (χ2n) is 3.24. The van der Waals surface area contributed by atoms with E-state index >= 15 is 0 Å². The van der Waals surface area contributed by atoms with E-state index in [1.807, 2.05) is 0 Å². The summed E-state index contributed by atoms with van der Waals surface area (Å²) >= 11 is 0. The van der Waals surface area contributed by atoms with E-state index in [4.69, 9.17) is 0 Å². The van der Waals surface area contributed by atoms with Crippen molar-refractivity contribution in [2.75, 3.05) is 13.6 Å². The third-order valence-corrected chi connectivity index (χ3v) is 1.40. The van der Waals surface area contributed by atoms with Gasteiger partial charge in [-0.3, -0.25) is 5.43 Å². The van der Waals surface area contributed by atoms with Gasteiger partial charge in [0.2, 0.25) is 0 Å². The molecule has 0 fully saturated rings. The minimum absolute atomic E-state index is 0.232. The van der Waals surface area contributed by atoms with E-state index in [1.165, 1.54) is 0 Å². The minimum Gasteiger partial charge on any atom is -0.255 e. The predicted octanol–water partition coefficient (Wildman–Crippen LogP) is 1.24. The van der Waals surface area contributed by atoms with Crippen LogP contribution in [0, 0.1) is 0 Å². The molecule has 0 aliphatic rings. The van der Waals surface area contributed by atoms with Gasteiger partial charge < -0.3 is 0 Å². The Kier molecular flexibility index (Phi) is 3.15. The number of nitrogens with zero attached hydrogens (tertiary/aromatic N) is 1. The molecule has 0 radical (unpaired) electrons. The lowest BCUT2D eigenvalue weighted by Crippen LogP contribution is -2.47. The molecule has 0 aromatic carbocycles. The highest BCUT2D eigenvalue weighted by molar-refractivity contribution is 4.68. The van der Waals surface area contributed by atoms with Crippen molar-refractivity contribution >= 4 is 0 Å². The van der Waals surface area contributed by atoms with Crippen molar-refractivity contribution in [3.63, 3.8) is 0 Å². The highest BCUT2D eigenvalue weighted by atomic mass is 15.5. The van der Waals surface area contributed by atoms with E-state index in [0.717, 1.165) is 6.54 Å². The van der Waals surface area contributed by atoms with Gasteiger partial charge in [0.15, 0.2) is 0 Å². The average molecular weight is 130 g/mol. The molecular formula is C7H18N2. The summed E-state index contributed by atoms with van der Waals surface area (Å²) in [6.45, 7) is 9.62. The van der Waals surface area contributed by atoms with E-state index in [9.17, 15) is 0 Å². The SMILES string of the molecule is CCNN(C)C(C)(C)C. The van der Waals surface area contributed by atoms with Gasteiger partial charge in [0.1, 0.15) is 0 Å². The van der Waals surface area contributed by atoms with Gasteiger partial charge in [-0.1, -0.05) is 6.92 Å². The molecule has 0 aromatic heterocycles. The fraction of sp³-hybridized carbons (Fsp3) is 1.00. The van der Waals surface area contributed by atoms with Crippen molar-refractivity contribution < 1.29 is 0 Å². The van der Waals surface area contributed by atoms with Crippen molar-refractivity contribution in [3.05, 3.63) is 0 Å². The van der Waals surface area contributed by atoms with Crippen molar-refractivity contribution in [1.29, 1.82) is 0 Å². The van der Waals surface area contributed by atoms with Crippen LogP contribution in [0.3, 0.4) is 0 Å². The van der Waals surface area contributed by atoms with Gasteiger partial charge in [0.05, 0.1) is 0 Å². The molecule has 0 bridgehead atoms. The van der Waals surface area contributed by atoms with Crippen LogP contribution in [0.4, 0.5) is 0 Å². The van der Waals surface area contributed by atoms with E-state index in [1.54, 1.807) is 0 Å². The summed E-state index contributed by atoms with van der Waals surface area (Å²) in [6.07, 6.45) is 0. The molecule has 0 amide bonds. The Bertz CT molecular complexity index is 73.5.